The highest BCUT2D eigenvalue weighted by atomic mass is 35.5. The lowest BCUT2D eigenvalue weighted by Crippen LogP contribution is -2.27. The first-order valence-corrected chi connectivity index (χ1v) is 12.3. The highest BCUT2D eigenvalue weighted by molar-refractivity contribution is 7.92. The molecule has 160 valence electrons. The van der Waals surface area contributed by atoms with Crippen LogP contribution in [0, 0.1) is 13.8 Å². The monoisotopic (exact) mass is 471 g/mol. The van der Waals surface area contributed by atoms with Gasteiger partial charge in [-0.15, -0.1) is 11.3 Å². The molecule has 0 aliphatic rings. The SMILES string of the molecule is Cc1cccc(N(C)S(=O)(=O)c2cc(-c3nc(-c4ccc(Cl)cc4)cs3)n(C)c2C)c1. The van der Waals surface area contributed by atoms with Crippen molar-refractivity contribution >= 4 is 38.6 Å². The average Bonchev–Trinajstić information content (AvgIpc) is 3.34. The van der Waals surface area contributed by atoms with Gasteiger partial charge in [0, 0.05) is 35.8 Å². The Morgan fingerprint density at radius 3 is 2.45 bits per heavy atom. The predicted molar refractivity (Wildman–Crippen MR) is 128 cm³/mol. The van der Waals surface area contributed by atoms with Crippen molar-refractivity contribution < 1.29 is 8.42 Å². The second kappa shape index (κ2) is 8.15. The fourth-order valence-corrected chi connectivity index (χ4v) is 5.86. The second-order valence-corrected chi connectivity index (χ2v) is 10.6. The van der Waals surface area contributed by atoms with Gasteiger partial charge in [0.2, 0.25) is 0 Å². The summed E-state index contributed by atoms with van der Waals surface area (Å²) in [6.45, 7) is 3.75. The number of hydrogen-bond acceptors (Lipinski definition) is 4. The number of aromatic nitrogens is 2. The van der Waals surface area contributed by atoms with Crippen LogP contribution >= 0.6 is 22.9 Å². The van der Waals surface area contributed by atoms with Gasteiger partial charge in [0.25, 0.3) is 10.0 Å². The molecule has 0 aliphatic heterocycles. The van der Waals surface area contributed by atoms with E-state index in [2.05, 4.69) is 0 Å². The lowest BCUT2D eigenvalue weighted by atomic mass is 10.2. The normalized spacial score (nSPS) is 11.6. The van der Waals surface area contributed by atoms with E-state index in [0.717, 1.165) is 27.5 Å². The van der Waals surface area contributed by atoms with E-state index in [1.807, 2.05) is 73.3 Å². The van der Waals surface area contributed by atoms with Crippen LogP contribution in [0.2, 0.25) is 5.02 Å². The zero-order chi connectivity index (χ0) is 22.3. The number of nitrogens with zero attached hydrogens (tertiary/aromatic N) is 3. The summed E-state index contributed by atoms with van der Waals surface area (Å²) in [5, 5.41) is 3.40. The molecule has 4 aromatic rings. The van der Waals surface area contributed by atoms with Gasteiger partial charge in [0.15, 0.2) is 0 Å². The van der Waals surface area contributed by atoms with Gasteiger partial charge >= 0.3 is 0 Å². The van der Waals surface area contributed by atoms with Crippen molar-refractivity contribution in [2.75, 3.05) is 11.4 Å². The lowest BCUT2D eigenvalue weighted by Gasteiger charge is -2.19. The third kappa shape index (κ3) is 4.01. The molecule has 0 saturated heterocycles. The standard InChI is InChI=1S/C23H22ClN3O2S2/c1-15-6-5-7-19(12-15)27(4)31(28,29)22-13-21(26(3)16(22)2)23-25-20(14-30-23)17-8-10-18(24)11-9-17/h5-14H,1-4H3. The molecule has 5 nitrogen and oxygen atoms in total. The molecule has 0 aliphatic carbocycles. The van der Waals surface area contributed by atoms with Gasteiger partial charge in [-0.3, -0.25) is 4.31 Å². The number of halogens is 1. The van der Waals surface area contributed by atoms with Gasteiger partial charge in [-0.25, -0.2) is 13.4 Å². The van der Waals surface area contributed by atoms with Gasteiger partial charge in [0.05, 0.1) is 17.1 Å². The molecule has 0 unspecified atom stereocenters. The van der Waals surface area contributed by atoms with Crippen molar-refractivity contribution in [3.63, 3.8) is 0 Å². The first kappa shape index (κ1) is 21.6. The summed E-state index contributed by atoms with van der Waals surface area (Å²) in [5.41, 5.74) is 4.85. The molecule has 2 aromatic heterocycles. The zero-order valence-corrected chi connectivity index (χ0v) is 20.0. The smallest absolute Gasteiger partial charge is 0.265 e. The Hall–Kier alpha value is -2.61. The van der Waals surface area contributed by atoms with Crippen LogP contribution in [0.5, 0.6) is 0 Å². The Labute approximate surface area is 191 Å². The molecule has 0 saturated carbocycles. The third-order valence-corrected chi connectivity index (χ3v) is 8.37. The fraction of sp³-hybridized carbons (Fsp3) is 0.174. The predicted octanol–water partition coefficient (Wildman–Crippen LogP) is 5.91. The summed E-state index contributed by atoms with van der Waals surface area (Å²) in [7, 11) is -0.282. The molecule has 0 fully saturated rings. The van der Waals surface area contributed by atoms with E-state index in [4.69, 9.17) is 16.6 Å². The van der Waals surface area contributed by atoms with E-state index in [9.17, 15) is 8.42 Å². The van der Waals surface area contributed by atoms with Gasteiger partial charge in [-0.2, -0.15) is 0 Å². The van der Waals surface area contributed by atoms with E-state index in [1.54, 1.807) is 19.2 Å². The molecular formula is C23H22ClN3O2S2. The number of benzene rings is 2. The maximum absolute atomic E-state index is 13.4. The fourth-order valence-electron chi connectivity index (χ4n) is 3.39. The van der Waals surface area contributed by atoms with Crippen molar-refractivity contribution in [3.8, 4) is 22.0 Å². The van der Waals surface area contributed by atoms with Crippen LogP contribution in [0.4, 0.5) is 5.69 Å². The van der Waals surface area contributed by atoms with E-state index >= 15 is 0 Å². The second-order valence-electron chi connectivity index (χ2n) is 7.39. The zero-order valence-electron chi connectivity index (χ0n) is 17.6. The first-order chi connectivity index (χ1) is 14.7. The number of hydrogen-bond donors (Lipinski definition) is 0. The van der Waals surface area contributed by atoms with E-state index in [0.29, 0.717) is 16.4 Å². The number of aryl methyl sites for hydroxylation is 1. The van der Waals surface area contributed by atoms with Crippen molar-refractivity contribution in [1.82, 2.24) is 9.55 Å². The maximum atomic E-state index is 13.4. The molecular weight excluding hydrogens is 450 g/mol. The molecule has 0 spiro atoms. The topological polar surface area (TPSA) is 55.2 Å². The van der Waals surface area contributed by atoms with Crippen LogP contribution in [0.25, 0.3) is 22.0 Å². The van der Waals surface area contributed by atoms with Crippen LogP contribution < -0.4 is 4.31 Å². The minimum absolute atomic E-state index is 0.275. The van der Waals surface area contributed by atoms with Crippen LogP contribution in [0.3, 0.4) is 0 Å². The summed E-state index contributed by atoms with van der Waals surface area (Å²) in [4.78, 5) is 5.01. The highest BCUT2D eigenvalue weighted by Crippen LogP contribution is 2.34. The lowest BCUT2D eigenvalue weighted by molar-refractivity contribution is 0.593. The first-order valence-electron chi connectivity index (χ1n) is 9.62. The number of anilines is 1. The largest absolute Gasteiger partial charge is 0.345 e. The highest BCUT2D eigenvalue weighted by Gasteiger charge is 2.27. The van der Waals surface area contributed by atoms with Crippen LogP contribution in [0.1, 0.15) is 11.3 Å². The van der Waals surface area contributed by atoms with Gasteiger partial charge in [0.1, 0.15) is 9.90 Å². The maximum Gasteiger partial charge on any atom is 0.265 e. The molecule has 0 radical (unpaired) electrons. The van der Waals surface area contributed by atoms with Crippen LogP contribution in [0.15, 0.2) is 64.9 Å². The van der Waals surface area contributed by atoms with Crippen molar-refractivity contribution in [3.05, 3.63) is 76.3 Å². The molecule has 0 atom stereocenters. The Morgan fingerprint density at radius 1 is 1.06 bits per heavy atom. The van der Waals surface area contributed by atoms with Crippen molar-refractivity contribution in [2.45, 2.75) is 18.7 Å². The van der Waals surface area contributed by atoms with E-state index < -0.39 is 10.0 Å². The summed E-state index contributed by atoms with van der Waals surface area (Å²) in [6.07, 6.45) is 0. The molecule has 0 amide bonds. The molecule has 0 bridgehead atoms. The Morgan fingerprint density at radius 2 is 1.77 bits per heavy atom. The minimum atomic E-state index is -3.72. The van der Waals surface area contributed by atoms with E-state index in [1.165, 1.54) is 15.6 Å². The molecule has 8 heteroatoms. The number of thiazole rings is 1. The van der Waals surface area contributed by atoms with Gasteiger partial charge < -0.3 is 4.57 Å². The number of sulfonamides is 1. The Kier molecular flexibility index (Phi) is 5.68. The van der Waals surface area contributed by atoms with Gasteiger partial charge in [-0.05, 0) is 49.7 Å². The molecule has 2 aromatic carbocycles. The summed E-state index contributed by atoms with van der Waals surface area (Å²) < 4.78 is 30.0. The Bertz CT molecular complexity index is 1360. The quantitative estimate of drug-likeness (QED) is 0.363. The van der Waals surface area contributed by atoms with Crippen LogP contribution in [-0.2, 0) is 17.1 Å². The molecule has 2 heterocycles. The van der Waals surface area contributed by atoms with Crippen molar-refractivity contribution in [1.29, 1.82) is 0 Å². The van der Waals surface area contributed by atoms with E-state index in [-0.39, 0.29) is 4.90 Å². The van der Waals surface area contributed by atoms with Crippen molar-refractivity contribution in [2.24, 2.45) is 7.05 Å². The molecule has 0 N–H and O–H groups in total. The Balaban J connectivity index is 1.73. The number of rotatable bonds is 5. The summed E-state index contributed by atoms with van der Waals surface area (Å²) in [6, 6.07) is 16.7. The van der Waals surface area contributed by atoms with Gasteiger partial charge in [-0.1, -0.05) is 35.9 Å². The minimum Gasteiger partial charge on any atom is -0.345 e. The molecule has 4 rings (SSSR count). The summed E-state index contributed by atoms with van der Waals surface area (Å²) in [5.74, 6) is 0. The summed E-state index contributed by atoms with van der Waals surface area (Å²) >= 11 is 7.46. The third-order valence-electron chi connectivity index (χ3n) is 5.36. The molecule has 31 heavy (non-hydrogen) atoms. The average molecular weight is 472 g/mol. The van der Waals surface area contributed by atoms with Crippen LogP contribution in [-0.4, -0.2) is 25.0 Å².